The molecule has 0 aliphatic rings. The fourth-order valence-corrected chi connectivity index (χ4v) is 2.38. The molecule has 0 saturated carbocycles. The number of fused-ring (bicyclic) bond motifs is 1. The fraction of sp³-hybridized carbons (Fsp3) is 0.200. The lowest BCUT2D eigenvalue weighted by Crippen LogP contribution is -1.83. The van der Waals surface area contributed by atoms with Gasteiger partial charge in [-0.3, -0.25) is 0 Å². The minimum Gasteiger partial charge on any atom is -0.349 e. The molecule has 0 spiro atoms. The van der Waals surface area contributed by atoms with E-state index in [1.807, 2.05) is 0 Å². The molecule has 0 N–H and O–H groups in total. The van der Waals surface area contributed by atoms with Gasteiger partial charge < -0.3 is 4.57 Å². The van der Waals surface area contributed by atoms with Crippen molar-refractivity contribution in [3.05, 3.63) is 34.4 Å². The van der Waals surface area contributed by atoms with E-state index in [0.29, 0.717) is 0 Å². The van der Waals surface area contributed by atoms with Crippen molar-refractivity contribution < 1.29 is 0 Å². The van der Waals surface area contributed by atoms with Gasteiger partial charge in [-0.1, -0.05) is 12.1 Å². The molecule has 0 fully saturated rings. The lowest BCUT2D eigenvalue weighted by molar-refractivity contribution is 0.966. The molecule has 0 aliphatic heterocycles. The number of aromatic nitrogens is 1. The molecule has 0 saturated heterocycles. The summed E-state index contributed by atoms with van der Waals surface area (Å²) < 4.78 is 3.31. The minimum atomic E-state index is 1.18. The highest BCUT2D eigenvalue weighted by Crippen LogP contribution is 2.27. The summed E-state index contributed by atoms with van der Waals surface area (Å²) in [5.74, 6) is 0. The van der Waals surface area contributed by atoms with Crippen LogP contribution in [0.2, 0.25) is 0 Å². The molecule has 1 nitrogen and oxygen atoms in total. The number of hydrogen-bond acceptors (Lipinski definition) is 0. The van der Waals surface area contributed by atoms with Gasteiger partial charge in [-0.05, 0) is 34.5 Å². The van der Waals surface area contributed by atoms with Crippen LogP contribution in [0.4, 0.5) is 0 Å². The molecule has 2 aromatic rings. The number of halogens is 1. The standard InChI is InChI=1S/C10H10BrN/c1-7-4-3-5-9-10(7)8(11)6-12(9)2/h3-6H,1-2H3. The minimum absolute atomic E-state index is 1.18. The van der Waals surface area contributed by atoms with Gasteiger partial charge in [0.1, 0.15) is 0 Å². The fourth-order valence-electron chi connectivity index (χ4n) is 1.56. The van der Waals surface area contributed by atoms with Crippen molar-refractivity contribution in [2.24, 2.45) is 7.05 Å². The van der Waals surface area contributed by atoms with Crippen molar-refractivity contribution in [2.75, 3.05) is 0 Å². The van der Waals surface area contributed by atoms with Crippen LogP contribution in [0.3, 0.4) is 0 Å². The van der Waals surface area contributed by atoms with Crippen molar-refractivity contribution in [3.8, 4) is 0 Å². The van der Waals surface area contributed by atoms with Crippen LogP contribution in [0.15, 0.2) is 28.9 Å². The number of benzene rings is 1. The summed E-state index contributed by atoms with van der Waals surface area (Å²) in [5, 5.41) is 1.32. The quantitative estimate of drug-likeness (QED) is 0.647. The Hall–Kier alpha value is -0.760. The van der Waals surface area contributed by atoms with Gasteiger partial charge in [0, 0.05) is 28.6 Å². The first-order valence-corrected chi connectivity index (χ1v) is 4.69. The van der Waals surface area contributed by atoms with Crippen molar-refractivity contribution in [3.63, 3.8) is 0 Å². The molecule has 1 aromatic heterocycles. The van der Waals surface area contributed by atoms with Crippen molar-refractivity contribution >= 4 is 26.8 Å². The van der Waals surface area contributed by atoms with Crippen molar-refractivity contribution in [2.45, 2.75) is 6.92 Å². The van der Waals surface area contributed by atoms with Gasteiger partial charge in [0.2, 0.25) is 0 Å². The van der Waals surface area contributed by atoms with Crippen molar-refractivity contribution in [1.82, 2.24) is 4.57 Å². The molecular weight excluding hydrogens is 214 g/mol. The summed E-state index contributed by atoms with van der Waals surface area (Å²) in [5.41, 5.74) is 2.60. The average molecular weight is 224 g/mol. The second kappa shape index (κ2) is 2.63. The van der Waals surface area contributed by atoms with E-state index in [1.54, 1.807) is 0 Å². The number of hydrogen-bond donors (Lipinski definition) is 0. The highest BCUT2D eigenvalue weighted by atomic mass is 79.9. The van der Waals surface area contributed by atoms with E-state index in [9.17, 15) is 0 Å². The Labute approximate surface area is 80.1 Å². The van der Waals surface area contributed by atoms with E-state index in [-0.39, 0.29) is 0 Å². The van der Waals surface area contributed by atoms with Gasteiger partial charge in [0.25, 0.3) is 0 Å². The van der Waals surface area contributed by atoms with Crippen LogP contribution in [0.25, 0.3) is 10.9 Å². The zero-order valence-electron chi connectivity index (χ0n) is 7.13. The maximum Gasteiger partial charge on any atom is 0.0492 e. The molecule has 0 bridgehead atoms. The molecule has 1 heterocycles. The van der Waals surface area contributed by atoms with Crippen molar-refractivity contribution in [1.29, 1.82) is 0 Å². The van der Waals surface area contributed by atoms with Crippen LogP contribution >= 0.6 is 15.9 Å². The molecule has 12 heavy (non-hydrogen) atoms. The predicted octanol–water partition coefficient (Wildman–Crippen LogP) is 3.25. The summed E-state index contributed by atoms with van der Waals surface area (Å²) in [6.07, 6.45) is 2.09. The van der Waals surface area contributed by atoms with Crippen LogP contribution in [-0.2, 0) is 7.05 Å². The summed E-state index contributed by atoms with van der Waals surface area (Å²) in [6.45, 7) is 2.13. The Balaban J connectivity index is 2.99. The second-order valence-corrected chi connectivity index (χ2v) is 3.91. The molecule has 0 radical (unpaired) electrons. The van der Waals surface area contributed by atoms with Gasteiger partial charge >= 0.3 is 0 Å². The normalized spacial score (nSPS) is 10.9. The van der Waals surface area contributed by atoms with E-state index in [2.05, 4.69) is 58.9 Å². The zero-order valence-corrected chi connectivity index (χ0v) is 8.72. The molecule has 1 aromatic carbocycles. The first kappa shape index (κ1) is 7.87. The molecule has 0 aliphatic carbocycles. The maximum atomic E-state index is 3.55. The molecule has 0 atom stereocenters. The highest BCUT2D eigenvalue weighted by molar-refractivity contribution is 9.10. The monoisotopic (exact) mass is 223 g/mol. The van der Waals surface area contributed by atoms with Gasteiger partial charge in [-0.25, -0.2) is 0 Å². The molecule has 62 valence electrons. The predicted molar refractivity (Wildman–Crippen MR) is 55.4 cm³/mol. The van der Waals surface area contributed by atoms with Crippen LogP contribution in [0, 0.1) is 6.92 Å². The van der Waals surface area contributed by atoms with Crippen LogP contribution in [0.5, 0.6) is 0 Å². The molecule has 2 heteroatoms. The van der Waals surface area contributed by atoms with Crippen LogP contribution < -0.4 is 0 Å². The second-order valence-electron chi connectivity index (χ2n) is 3.06. The van der Waals surface area contributed by atoms with Gasteiger partial charge in [0.15, 0.2) is 0 Å². The largest absolute Gasteiger partial charge is 0.349 e. The third-order valence-electron chi connectivity index (χ3n) is 2.18. The zero-order chi connectivity index (χ0) is 8.72. The molecular formula is C10H10BrN. The summed E-state index contributed by atoms with van der Waals surface area (Å²) in [7, 11) is 2.06. The highest BCUT2D eigenvalue weighted by Gasteiger charge is 2.04. The average Bonchev–Trinajstić information content (AvgIpc) is 2.29. The van der Waals surface area contributed by atoms with E-state index in [0.717, 1.165) is 0 Å². The number of aryl methyl sites for hydroxylation is 2. The maximum absolute atomic E-state index is 3.55. The molecule has 0 amide bonds. The van der Waals surface area contributed by atoms with Crippen LogP contribution in [0.1, 0.15) is 5.56 Å². The summed E-state index contributed by atoms with van der Waals surface area (Å²) >= 11 is 3.55. The Morgan fingerprint density at radius 1 is 1.33 bits per heavy atom. The van der Waals surface area contributed by atoms with Gasteiger partial charge in [-0.2, -0.15) is 0 Å². The van der Waals surface area contributed by atoms with E-state index in [1.165, 1.54) is 20.9 Å². The lowest BCUT2D eigenvalue weighted by Gasteiger charge is -1.97. The third-order valence-corrected chi connectivity index (χ3v) is 2.78. The van der Waals surface area contributed by atoms with E-state index < -0.39 is 0 Å². The number of nitrogens with zero attached hydrogens (tertiary/aromatic N) is 1. The van der Waals surface area contributed by atoms with E-state index in [4.69, 9.17) is 0 Å². The Kier molecular flexibility index (Phi) is 1.72. The topological polar surface area (TPSA) is 4.93 Å². The Bertz CT molecular complexity index is 429. The first-order valence-electron chi connectivity index (χ1n) is 3.90. The first-order chi connectivity index (χ1) is 5.70. The molecule has 0 unspecified atom stereocenters. The smallest absolute Gasteiger partial charge is 0.0492 e. The number of rotatable bonds is 0. The van der Waals surface area contributed by atoms with Crippen LogP contribution in [-0.4, -0.2) is 4.57 Å². The molecule has 2 rings (SSSR count). The van der Waals surface area contributed by atoms with E-state index >= 15 is 0 Å². The summed E-state index contributed by atoms with van der Waals surface area (Å²) in [4.78, 5) is 0. The Morgan fingerprint density at radius 3 is 2.75 bits per heavy atom. The Morgan fingerprint density at radius 2 is 2.08 bits per heavy atom. The lowest BCUT2D eigenvalue weighted by atomic mass is 10.1. The van der Waals surface area contributed by atoms with Gasteiger partial charge in [-0.15, -0.1) is 0 Å². The third kappa shape index (κ3) is 0.985. The summed E-state index contributed by atoms with van der Waals surface area (Å²) in [6, 6.07) is 6.35. The van der Waals surface area contributed by atoms with Gasteiger partial charge in [0.05, 0.1) is 0 Å². The SMILES string of the molecule is Cc1cccc2c1c(Br)cn2C.